The predicted molar refractivity (Wildman–Crippen MR) is 71.2 cm³/mol. The van der Waals surface area contributed by atoms with Crippen LogP contribution in [0, 0.1) is 0 Å². The second-order valence-electron chi connectivity index (χ2n) is 3.66. The summed E-state index contributed by atoms with van der Waals surface area (Å²) in [6.45, 7) is 3.06. The molecule has 0 bridgehead atoms. The zero-order valence-corrected chi connectivity index (χ0v) is 11.8. The number of rotatable bonds is 5. The summed E-state index contributed by atoms with van der Waals surface area (Å²) in [7, 11) is -3.89. The van der Waals surface area contributed by atoms with Crippen LogP contribution in [0.3, 0.4) is 0 Å². The van der Waals surface area contributed by atoms with E-state index in [4.69, 9.17) is 0 Å². The van der Waals surface area contributed by atoms with Crippen molar-refractivity contribution in [3.63, 3.8) is 0 Å². The fourth-order valence-corrected chi connectivity index (χ4v) is 2.09. The smallest absolute Gasteiger partial charge is 0.422 e. The number of carbonyl (C=O) groups is 2. The van der Waals surface area contributed by atoms with Crippen molar-refractivity contribution in [3.05, 3.63) is 24.3 Å². The van der Waals surface area contributed by atoms with Crippen LogP contribution in [0.25, 0.3) is 0 Å². The van der Waals surface area contributed by atoms with Crippen molar-refractivity contribution in [1.29, 1.82) is 0 Å². The molecule has 0 radical (unpaired) electrons. The van der Waals surface area contributed by atoms with Crippen LogP contribution in [0.5, 0.6) is 0 Å². The van der Waals surface area contributed by atoms with E-state index in [1.165, 1.54) is 31.2 Å². The van der Waals surface area contributed by atoms with Crippen LogP contribution in [-0.2, 0) is 19.6 Å². The monoisotopic (exact) mass is 301 g/mol. The van der Waals surface area contributed by atoms with Gasteiger partial charge in [-0.05, 0) is 31.2 Å². The zero-order chi connectivity index (χ0) is 15.2. The Kier molecular flexibility index (Phi) is 5.47. The van der Waals surface area contributed by atoms with E-state index in [1.54, 1.807) is 6.92 Å². The zero-order valence-electron chi connectivity index (χ0n) is 11.0. The average Bonchev–Trinajstić information content (AvgIpc) is 2.37. The van der Waals surface area contributed by atoms with E-state index in [1.807, 2.05) is 10.3 Å². The van der Waals surface area contributed by atoms with E-state index < -0.39 is 16.1 Å². The number of hydrazine groups is 1. The molecular weight excluding hydrogens is 286 g/mol. The highest BCUT2D eigenvalue weighted by molar-refractivity contribution is 7.89. The second kappa shape index (κ2) is 6.87. The number of hydrogen-bond acceptors (Lipinski definition) is 5. The van der Waals surface area contributed by atoms with Gasteiger partial charge >= 0.3 is 6.09 Å². The van der Waals surface area contributed by atoms with Crippen LogP contribution < -0.4 is 15.6 Å². The number of sulfonamides is 1. The van der Waals surface area contributed by atoms with Crippen LogP contribution in [0.15, 0.2) is 29.2 Å². The Hall–Kier alpha value is -2.13. The molecule has 0 atom stereocenters. The summed E-state index contributed by atoms with van der Waals surface area (Å²) < 4.78 is 28.1. The lowest BCUT2D eigenvalue weighted by molar-refractivity contribution is -0.114. The number of carbonyl (C=O) groups excluding carboxylic acids is 2. The van der Waals surface area contributed by atoms with Gasteiger partial charge < -0.3 is 10.1 Å². The van der Waals surface area contributed by atoms with Crippen molar-refractivity contribution in [1.82, 2.24) is 10.3 Å². The summed E-state index contributed by atoms with van der Waals surface area (Å²) in [4.78, 5) is 23.6. The maximum Gasteiger partial charge on any atom is 0.422 e. The number of nitrogens with one attached hydrogen (secondary N) is 3. The average molecular weight is 301 g/mol. The number of anilines is 1. The first-order valence-corrected chi connectivity index (χ1v) is 7.15. The Labute approximate surface area is 116 Å². The van der Waals surface area contributed by atoms with E-state index in [0.717, 1.165) is 0 Å². The van der Waals surface area contributed by atoms with Gasteiger partial charge in [0.25, 0.3) is 10.0 Å². The molecule has 20 heavy (non-hydrogen) atoms. The minimum absolute atomic E-state index is 0.0663. The maximum atomic E-state index is 11.8. The summed E-state index contributed by atoms with van der Waals surface area (Å²) in [5.74, 6) is -0.261. The van der Waals surface area contributed by atoms with E-state index in [0.29, 0.717) is 5.69 Å². The Morgan fingerprint density at radius 3 is 2.30 bits per heavy atom. The van der Waals surface area contributed by atoms with Gasteiger partial charge in [-0.1, -0.05) is 0 Å². The normalized spacial score (nSPS) is 10.7. The third-order valence-corrected chi connectivity index (χ3v) is 3.31. The Bertz CT molecular complexity index is 583. The summed E-state index contributed by atoms with van der Waals surface area (Å²) in [6, 6.07) is 5.45. The van der Waals surface area contributed by atoms with Gasteiger partial charge in [0.1, 0.15) is 0 Å². The Balaban J connectivity index is 2.72. The number of hydrogen-bond donors (Lipinski definition) is 3. The molecule has 0 aromatic heterocycles. The molecule has 0 saturated heterocycles. The van der Waals surface area contributed by atoms with Crippen molar-refractivity contribution in [2.45, 2.75) is 18.7 Å². The molecule has 0 fully saturated rings. The van der Waals surface area contributed by atoms with Gasteiger partial charge in [0.05, 0.1) is 11.5 Å². The van der Waals surface area contributed by atoms with Crippen molar-refractivity contribution in [3.8, 4) is 0 Å². The van der Waals surface area contributed by atoms with Crippen LogP contribution in [0.1, 0.15) is 13.8 Å². The summed E-state index contributed by atoms with van der Waals surface area (Å²) in [6.07, 6.45) is -0.897. The van der Waals surface area contributed by atoms with E-state index in [9.17, 15) is 18.0 Å². The Morgan fingerprint density at radius 1 is 1.20 bits per heavy atom. The van der Waals surface area contributed by atoms with Gasteiger partial charge in [0.15, 0.2) is 0 Å². The van der Waals surface area contributed by atoms with Crippen LogP contribution in [0.4, 0.5) is 10.5 Å². The van der Waals surface area contributed by atoms with Crippen molar-refractivity contribution < 1.29 is 22.7 Å². The largest absolute Gasteiger partial charge is 0.449 e. The number of amides is 2. The first-order chi connectivity index (χ1) is 9.35. The lowest BCUT2D eigenvalue weighted by Crippen LogP contribution is -2.41. The first kappa shape index (κ1) is 15.9. The predicted octanol–water partition coefficient (Wildman–Crippen LogP) is 0.584. The topological polar surface area (TPSA) is 114 Å². The Morgan fingerprint density at radius 2 is 1.80 bits per heavy atom. The van der Waals surface area contributed by atoms with Crippen molar-refractivity contribution in [2.75, 3.05) is 11.9 Å². The fraction of sp³-hybridized carbons (Fsp3) is 0.273. The molecule has 1 rings (SSSR count). The lowest BCUT2D eigenvalue weighted by atomic mass is 10.3. The lowest BCUT2D eigenvalue weighted by Gasteiger charge is -2.09. The number of benzene rings is 1. The minimum atomic E-state index is -3.89. The maximum absolute atomic E-state index is 11.8. The molecule has 0 aliphatic carbocycles. The quantitative estimate of drug-likeness (QED) is 0.689. The molecule has 1 aromatic rings. The van der Waals surface area contributed by atoms with E-state index >= 15 is 0 Å². The minimum Gasteiger partial charge on any atom is -0.449 e. The summed E-state index contributed by atoms with van der Waals surface area (Å²) >= 11 is 0. The van der Waals surface area contributed by atoms with Gasteiger partial charge in [-0.3, -0.25) is 4.79 Å². The summed E-state index contributed by atoms with van der Waals surface area (Å²) in [5, 5.41) is 2.51. The SMILES string of the molecule is CCOC(=O)NNS(=O)(=O)c1ccc(NC(C)=O)cc1. The molecule has 2 amide bonds. The highest BCUT2D eigenvalue weighted by Crippen LogP contribution is 2.13. The third-order valence-electron chi connectivity index (χ3n) is 2.05. The van der Waals surface area contributed by atoms with Crippen molar-refractivity contribution in [2.24, 2.45) is 0 Å². The molecule has 0 heterocycles. The van der Waals surface area contributed by atoms with Crippen molar-refractivity contribution >= 4 is 27.7 Å². The molecule has 0 unspecified atom stereocenters. The molecule has 0 aliphatic heterocycles. The molecule has 0 aliphatic rings. The van der Waals surface area contributed by atoms with Crippen LogP contribution in [0.2, 0.25) is 0 Å². The standard InChI is InChI=1S/C11H15N3O5S/c1-3-19-11(16)13-14-20(17,18)10-6-4-9(5-7-10)12-8(2)15/h4-7,14H,3H2,1-2H3,(H,12,15)(H,13,16). The molecule has 1 aromatic carbocycles. The second-order valence-corrected chi connectivity index (χ2v) is 5.34. The van der Waals surface area contributed by atoms with Gasteiger partial charge in [0, 0.05) is 12.6 Å². The highest BCUT2D eigenvalue weighted by atomic mass is 32.2. The van der Waals surface area contributed by atoms with Gasteiger partial charge in [-0.15, -0.1) is 4.83 Å². The van der Waals surface area contributed by atoms with Gasteiger partial charge in [0.2, 0.25) is 5.91 Å². The first-order valence-electron chi connectivity index (χ1n) is 5.67. The fourth-order valence-electron chi connectivity index (χ4n) is 1.26. The molecule has 0 saturated carbocycles. The number of ether oxygens (including phenoxy) is 1. The molecule has 9 heteroatoms. The highest BCUT2D eigenvalue weighted by Gasteiger charge is 2.15. The molecule has 0 spiro atoms. The van der Waals surface area contributed by atoms with E-state index in [-0.39, 0.29) is 17.4 Å². The van der Waals surface area contributed by atoms with E-state index in [2.05, 4.69) is 10.1 Å². The van der Waals surface area contributed by atoms with Crippen LogP contribution in [-0.4, -0.2) is 27.0 Å². The van der Waals surface area contributed by atoms with Gasteiger partial charge in [-0.2, -0.15) is 0 Å². The molecule has 110 valence electrons. The molecular formula is C11H15N3O5S. The molecule has 8 nitrogen and oxygen atoms in total. The van der Waals surface area contributed by atoms with Crippen LogP contribution >= 0.6 is 0 Å². The van der Waals surface area contributed by atoms with Gasteiger partial charge in [-0.25, -0.2) is 18.6 Å². The third kappa shape index (κ3) is 4.86. The molecule has 3 N–H and O–H groups in total. The summed E-state index contributed by atoms with van der Waals surface area (Å²) in [5.41, 5.74) is 2.37.